The van der Waals surface area contributed by atoms with Gasteiger partial charge < -0.3 is 14.2 Å². The number of carbonyl (C=O) groups is 2. The van der Waals surface area contributed by atoms with E-state index in [-0.39, 0.29) is 24.3 Å². The van der Waals surface area contributed by atoms with Crippen LogP contribution in [-0.4, -0.2) is 25.7 Å². The van der Waals surface area contributed by atoms with Crippen LogP contribution in [0.15, 0.2) is 78.9 Å². The molecule has 0 aromatic heterocycles. The monoisotopic (exact) mass is 390 g/mol. The second-order valence-electron chi connectivity index (χ2n) is 6.37. The van der Waals surface area contributed by atoms with Crippen LogP contribution in [0.25, 0.3) is 0 Å². The van der Waals surface area contributed by atoms with Crippen LogP contribution < -0.4 is 9.47 Å². The summed E-state index contributed by atoms with van der Waals surface area (Å²) >= 11 is 0. The lowest BCUT2D eigenvalue weighted by atomic mass is 10.1. The van der Waals surface area contributed by atoms with E-state index in [0.29, 0.717) is 12.2 Å². The van der Waals surface area contributed by atoms with Crippen molar-refractivity contribution in [3.05, 3.63) is 95.6 Å². The molecule has 0 unspecified atom stereocenters. The number of benzene rings is 3. The zero-order chi connectivity index (χ0) is 20.5. The molecule has 0 aliphatic carbocycles. The molecule has 0 radical (unpaired) electrons. The number of rotatable bonds is 8. The third-order valence-electron chi connectivity index (χ3n) is 4.31. The van der Waals surface area contributed by atoms with Gasteiger partial charge in [0, 0.05) is 6.42 Å². The number of esters is 2. The van der Waals surface area contributed by atoms with E-state index in [1.807, 2.05) is 30.3 Å². The fourth-order valence-electron chi connectivity index (χ4n) is 2.78. The zero-order valence-corrected chi connectivity index (χ0v) is 16.2. The molecule has 0 saturated carbocycles. The zero-order valence-electron chi connectivity index (χ0n) is 16.2. The van der Waals surface area contributed by atoms with Gasteiger partial charge in [-0.3, -0.25) is 4.79 Å². The van der Waals surface area contributed by atoms with E-state index < -0.39 is 11.9 Å². The van der Waals surface area contributed by atoms with Crippen LogP contribution in [0.4, 0.5) is 0 Å². The van der Waals surface area contributed by atoms with Crippen molar-refractivity contribution in [2.24, 2.45) is 0 Å². The highest BCUT2D eigenvalue weighted by molar-refractivity contribution is 5.93. The molecule has 29 heavy (non-hydrogen) atoms. The standard InChI is InChI=1S/C24H22O5/c1-27-20-13-11-19(12-14-20)17-23(25)29-22-10-6-5-9-21(22)24(26)28-16-15-18-7-3-2-4-8-18/h2-14H,15-17H2,1H3. The van der Waals surface area contributed by atoms with E-state index in [0.717, 1.165) is 11.1 Å². The van der Waals surface area contributed by atoms with Crippen LogP contribution >= 0.6 is 0 Å². The van der Waals surface area contributed by atoms with Gasteiger partial charge in [0.2, 0.25) is 0 Å². The van der Waals surface area contributed by atoms with Crippen LogP contribution in [0.5, 0.6) is 11.5 Å². The maximum absolute atomic E-state index is 12.4. The fraction of sp³-hybridized carbons (Fsp3) is 0.167. The minimum atomic E-state index is -0.520. The maximum atomic E-state index is 12.4. The van der Waals surface area contributed by atoms with Crippen molar-refractivity contribution in [3.8, 4) is 11.5 Å². The maximum Gasteiger partial charge on any atom is 0.341 e. The van der Waals surface area contributed by atoms with Crippen molar-refractivity contribution in [2.75, 3.05) is 13.7 Å². The molecule has 0 spiro atoms. The number of methoxy groups -OCH3 is 1. The topological polar surface area (TPSA) is 61.8 Å². The molecule has 0 heterocycles. The molecule has 0 bridgehead atoms. The number of ether oxygens (including phenoxy) is 3. The van der Waals surface area contributed by atoms with Gasteiger partial charge in [0.05, 0.1) is 20.1 Å². The number of carbonyl (C=O) groups excluding carboxylic acids is 2. The molecule has 3 aromatic carbocycles. The average molecular weight is 390 g/mol. The molecule has 5 heteroatoms. The molecule has 0 aliphatic rings. The Bertz CT molecular complexity index is 949. The van der Waals surface area contributed by atoms with Crippen molar-refractivity contribution in [2.45, 2.75) is 12.8 Å². The summed E-state index contributed by atoms with van der Waals surface area (Å²) in [6.07, 6.45) is 0.702. The molecule has 5 nitrogen and oxygen atoms in total. The Kier molecular flexibility index (Phi) is 7.00. The van der Waals surface area contributed by atoms with Crippen LogP contribution in [0.2, 0.25) is 0 Å². The predicted molar refractivity (Wildman–Crippen MR) is 109 cm³/mol. The Balaban J connectivity index is 1.58. The van der Waals surface area contributed by atoms with Crippen molar-refractivity contribution in [1.29, 1.82) is 0 Å². The highest BCUT2D eigenvalue weighted by Gasteiger charge is 2.16. The number of hydrogen-bond donors (Lipinski definition) is 0. The molecule has 0 saturated heterocycles. The number of hydrogen-bond acceptors (Lipinski definition) is 5. The van der Waals surface area contributed by atoms with Crippen LogP contribution in [0.3, 0.4) is 0 Å². The van der Waals surface area contributed by atoms with Gasteiger partial charge >= 0.3 is 11.9 Å². The highest BCUT2D eigenvalue weighted by atomic mass is 16.5. The molecule has 148 valence electrons. The molecule has 0 N–H and O–H groups in total. The third kappa shape index (κ3) is 5.94. The summed E-state index contributed by atoms with van der Waals surface area (Å²) in [5.41, 5.74) is 2.10. The van der Waals surface area contributed by atoms with Gasteiger partial charge in [-0.15, -0.1) is 0 Å². The quantitative estimate of drug-likeness (QED) is 0.425. The molecule has 0 aliphatic heterocycles. The van der Waals surface area contributed by atoms with Crippen molar-refractivity contribution in [3.63, 3.8) is 0 Å². The summed E-state index contributed by atoms with van der Waals surface area (Å²) in [6.45, 7) is 0.247. The largest absolute Gasteiger partial charge is 0.497 e. The Hall–Kier alpha value is -3.60. The molecule has 0 amide bonds. The Morgan fingerprint density at radius 3 is 2.21 bits per heavy atom. The normalized spacial score (nSPS) is 10.2. The van der Waals surface area contributed by atoms with Gasteiger partial charge in [0.1, 0.15) is 17.1 Å². The Labute approximate surface area is 169 Å². The summed E-state index contributed by atoms with van der Waals surface area (Å²) < 4.78 is 15.9. The lowest BCUT2D eigenvalue weighted by Crippen LogP contribution is -2.15. The highest BCUT2D eigenvalue weighted by Crippen LogP contribution is 2.20. The molecular weight excluding hydrogens is 368 g/mol. The van der Waals surface area contributed by atoms with Gasteiger partial charge in [0.25, 0.3) is 0 Å². The van der Waals surface area contributed by atoms with Gasteiger partial charge in [0.15, 0.2) is 0 Å². The van der Waals surface area contributed by atoms with Gasteiger partial charge in [-0.25, -0.2) is 4.79 Å². The van der Waals surface area contributed by atoms with E-state index in [1.54, 1.807) is 55.6 Å². The lowest BCUT2D eigenvalue weighted by Gasteiger charge is -2.10. The second-order valence-corrected chi connectivity index (χ2v) is 6.37. The van der Waals surface area contributed by atoms with Crippen LogP contribution in [-0.2, 0) is 22.4 Å². The predicted octanol–water partition coefficient (Wildman–Crippen LogP) is 4.24. The molecule has 0 atom stereocenters. The second kappa shape index (κ2) is 10.1. The minimum Gasteiger partial charge on any atom is -0.497 e. The van der Waals surface area contributed by atoms with E-state index in [4.69, 9.17) is 14.2 Å². The first kappa shape index (κ1) is 20.1. The Morgan fingerprint density at radius 2 is 1.48 bits per heavy atom. The summed E-state index contributed by atoms with van der Waals surface area (Å²) in [4.78, 5) is 24.7. The summed E-state index contributed by atoms with van der Waals surface area (Å²) in [7, 11) is 1.58. The van der Waals surface area contributed by atoms with E-state index >= 15 is 0 Å². The number of para-hydroxylation sites is 1. The van der Waals surface area contributed by atoms with E-state index in [9.17, 15) is 9.59 Å². The Morgan fingerprint density at radius 1 is 0.793 bits per heavy atom. The smallest absolute Gasteiger partial charge is 0.341 e. The minimum absolute atomic E-state index is 0.0847. The first-order valence-electron chi connectivity index (χ1n) is 9.29. The molecular formula is C24H22O5. The van der Waals surface area contributed by atoms with Crippen molar-refractivity contribution < 1.29 is 23.8 Å². The molecule has 3 aromatic rings. The first-order valence-corrected chi connectivity index (χ1v) is 9.29. The van der Waals surface area contributed by atoms with Crippen molar-refractivity contribution in [1.82, 2.24) is 0 Å². The first-order chi connectivity index (χ1) is 14.2. The van der Waals surface area contributed by atoms with Crippen molar-refractivity contribution >= 4 is 11.9 Å². The fourth-order valence-corrected chi connectivity index (χ4v) is 2.78. The molecule has 3 rings (SSSR count). The SMILES string of the molecule is COc1ccc(CC(=O)Oc2ccccc2C(=O)OCCc2ccccc2)cc1. The van der Waals surface area contributed by atoms with Crippen LogP contribution in [0.1, 0.15) is 21.5 Å². The summed E-state index contributed by atoms with van der Waals surface area (Å²) in [5, 5.41) is 0. The van der Waals surface area contributed by atoms with Gasteiger partial charge in [-0.1, -0.05) is 54.6 Å². The van der Waals surface area contributed by atoms with E-state index in [1.165, 1.54) is 0 Å². The van der Waals surface area contributed by atoms with E-state index in [2.05, 4.69) is 0 Å². The van der Waals surface area contributed by atoms with Gasteiger partial charge in [-0.2, -0.15) is 0 Å². The molecule has 0 fully saturated rings. The lowest BCUT2D eigenvalue weighted by molar-refractivity contribution is -0.133. The van der Waals surface area contributed by atoms with Gasteiger partial charge in [-0.05, 0) is 35.4 Å². The average Bonchev–Trinajstić information content (AvgIpc) is 2.75. The summed E-state index contributed by atoms with van der Waals surface area (Å²) in [5.74, 6) is -0.0742. The summed E-state index contributed by atoms with van der Waals surface area (Å²) in [6, 6.07) is 23.5. The van der Waals surface area contributed by atoms with Crippen LogP contribution in [0, 0.1) is 0 Å². The third-order valence-corrected chi connectivity index (χ3v) is 4.31.